The molecule has 0 unspecified atom stereocenters. The lowest BCUT2D eigenvalue weighted by atomic mass is 9.81. The maximum atomic E-state index is 12.5. The molecule has 5 amide bonds. The van der Waals surface area contributed by atoms with Crippen LogP contribution in [0.2, 0.25) is 0 Å². The molecule has 1 heterocycles. The first-order valence-electron chi connectivity index (χ1n) is 9.35. The normalized spacial score (nSPS) is 13.6. The van der Waals surface area contributed by atoms with E-state index in [9.17, 15) is 19.2 Å². The van der Waals surface area contributed by atoms with E-state index in [1.54, 1.807) is 24.3 Å². The molecule has 0 atom stereocenters. The zero-order chi connectivity index (χ0) is 20.7. The van der Waals surface area contributed by atoms with Gasteiger partial charge in [0.1, 0.15) is 0 Å². The van der Waals surface area contributed by atoms with Gasteiger partial charge in [0.05, 0.1) is 12.0 Å². The summed E-state index contributed by atoms with van der Waals surface area (Å²) in [6.07, 6.45) is 1.30. The van der Waals surface area contributed by atoms with Crippen molar-refractivity contribution in [3.05, 3.63) is 24.3 Å². The quantitative estimate of drug-likeness (QED) is 0.447. The summed E-state index contributed by atoms with van der Waals surface area (Å²) in [5.41, 5.74) is 6.37. The maximum Gasteiger partial charge on any atom is 0.324 e. The van der Waals surface area contributed by atoms with Gasteiger partial charge in [-0.1, -0.05) is 13.8 Å². The molecular weight excluding hydrogens is 398 g/mol. The molecule has 1 aliphatic rings. The van der Waals surface area contributed by atoms with Gasteiger partial charge in [-0.25, -0.2) is 4.79 Å². The van der Waals surface area contributed by atoms with Crippen LogP contribution in [0, 0.1) is 5.41 Å². The van der Waals surface area contributed by atoms with Crippen LogP contribution in [-0.2, 0) is 14.4 Å². The third-order valence-corrected chi connectivity index (χ3v) is 5.15. The van der Waals surface area contributed by atoms with Crippen molar-refractivity contribution in [3.63, 3.8) is 0 Å². The second-order valence-corrected chi connectivity index (χ2v) is 6.73. The lowest BCUT2D eigenvalue weighted by Gasteiger charge is -2.28. The lowest BCUT2D eigenvalue weighted by Crippen LogP contribution is -2.41. The first-order valence-corrected chi connectivity index (χ1v) is 9.35. The van der Waals surface area contributed by atoms with Crippen LogP contribution in [0.25, 0.3) is 0 Å². The molecule has 29 heavy (non-hydrogen) atoms. The molecule has 0 bridgehead atoms. The summed E-state index contributed by atoms with van der Waals surface area (Å²) in [4.78, 5) is 48.5. The number of nitrogens with one attached hydrogen (secondary N) is 3. The van der Waals surface area contributed by atoms with Crippen LogP contribution in [0.4, 0.5) is 16.2 Å². The topological polar surface area (TPSA) is 134 Å². The minimum absolute atomic E-state index is 0. The van der Waals surface area contributed by atoms with E-state index in [-0.39, 0.29) is 56.2 Å². The van der Waals surface area contributed by atoms with E-state index in [0.717, 1.165) is 4.90 Å². The Morgan fingerprint density at radius 1 is 1.10 bits per heavy atom. The predicted molar refractivity (Wildman–Crippen MR) is 113 cm³/mol. The Bertz CT molecular complexity index is 725. The fourth-order valence-corrected chi connectivity index (χ4v) is 2.97. The summed E-state index contributed by atoms with van der Waals surface area (Å²) < 4.78 is 0. The number of imide groups is 1. The Morgan fingerprint density at radius 2 is 1.66 bits per heavy atom. The minimum Gasteiger partial charge on any atom is -0.329 e. The van der Waals surface area contributed by atoms with Crippen molar-refractivity contribution < 1.29 is 19.2 Å². The largest absolute Gasteiger partial charge is 0.329 e. The first-order chi connectivity index (χ1) is 13.3. The van der Waals surface area contributed by atoms with Gasteiger partial charge in [0.25, 0.3) is 0 Å². The van der Waals surface area contributed by atoms with Gasteiger partial charge < -0.3 is 21.7 Å². The fraction of sp³-hybridized carbons (Fsp3) is 0.474. The monoisotopic (exact) mass is 425 g/mol. The number of amides is 5. The van der Waals surface area contributed by atoms with Crippen LogP contribution in [0.15, 0.2) is 24.3 Å². The van der Waals surface area contributed by atoms with Crippen LogP contribution in [0.5, 0.6) is 0 Å². The second kappa shape index (κ2) is 10.8. The summed E-state index contributed by atoms with van der Waals surface area (Å²) in [6.45, 7) is 4.15. The molecule has 1 aliphatic heterocycles. The standard InChI is InChI=1S/C19H27N5O4.ClH/c1-3-19(4-2,12-20)17(27)23-14-7-5-13(6-8-14)22-15(25)9-10-24-16(26)11-21-18(24)28;/h5-8H,3-4,9-12,20H2,1-2H3,(H,21,28)(H,22,25)(H,23,27);1H. The van der Waals surface area contributed by atoms with Gasteiger partial charge in [-0.15, -0.1) is 12.4 Å². The number of anilines is 2. The highest BCUT2D eigenvalue weighted by Gasteiger charge is 2.33. The van der Waals surface area contributed by atoms with Crippen LogP contribution >= 0.6 is 12.4 Å². The summed E-state index contributed by atoms with van der Waals surface area (Å²) in [5.74, 6) is -0.778. The van der Waals surface area contributed by atoms with E-state index in [4.69, 9.17) is 5.73 Å². The molecule has 0 spiro atoms. The molecule has 1 fully saturated rings. The number of nitrogens with two attached hydrogens (primary N) is 1. The zero-order valence-corrected chi connectivity index (χ0v) is 17.4. The first kappa shape index (κ1) is 24.4. The number of halogens is 1. The molecule has 1 aromatic carbocycles. The summed E-state index contributed by atoms with van der Waals surface area (Å²) in [6, 6.07) is 6.24. The number of hydrogen-bond acceptors (Lipinski definition) is 5. The van der Waals surface area contributed by atoms with Gasteiger partial charge in [0, 0.05) is 30.9 Å². The average molecular weight is 426 g/mol. The van der Waals surface area contributed by atoms with Crippen LogP contribution in [-0.4, -0.2) is 48.3 Å². The molecule has 160 valence electrons. The highest BCUT2D eigenvalue weighted by Crippen LogP contribution is 2.27. The van der Waals surface area contributed by atoms with Crippen molar-refractivity contribution in [2.45, 2.75) is 33.1 Å². The fourth-order valence-electron chi connectivity index (χ4n) is 2.97. The maximum absolute atomic E-state index is 12.5. The summed E-state index contributed by atoms with van der Waals surface area (Å²) in [7, 11) is 0. The highest BCUT2D eigenvalue weighted by atomic mass is 35.5. The molecule has 10 heteroatoms. The minimum atomic E-state index is -0.591. The number of hydrogen-bond donors (Lipinski definition) is 4. The Balaban J connectivity index is 0.00000420. The van der Waals surface area contributed by atoms with Crippen LogP contribution in [0.1, 0.15) is 33.1 Å². The van der Waals surface area contributed by atoms with E-state index in [1.807, 2.05) is 13.8 Å². The molecule has 2 rings (SSSR count). The molecule has 0 aliphatic carbocycles. The van der Waals surface area contributed by atoms with Gasteiger partial charge in [-0.3, -0.25) is 19.3 Å². The average Bonchev–Trinajstić information content (AvgIpc) is 3.01. The van der Waals surface area contributed by atoms with Crippen molar-refractivity contribution in [2.75, 3.05) is 30.3 Å². The van der Waals surface area contributed by atoms with Gasteiger partial charge in [0.2, 0.25) is 17.7 Å². The van der Waals surface area contributed by atoms with E-state index in [0.29, 0.717) is 24.2 Å². The summed E-state index contributed by atoms with van der Waals surface area (Å²) >= 11 is 0. The highest BCUT2D eigenvalue weighted by molar-refractivity contribution is 6.02. The second-order valence-electron chi connectivity index (χ2n) is 6.73. The van der Waals surface area contributed by atoms with Crippen molar-refractivity contribution >= 4 is 47.5 Å². The SMILES string of the molecule is CCC(CC)(CN)C(=O)Nc1ccc(NC(=O)CCN2C(=O)CNC2=O)cc1.Cl. The third kappa shape index (κ3) is 5.91. The van der Waals surface area contributed by atoms with Crippen molar-refractivity contribution in [1.29, 1.82) is 0 Å². The predicted octanol–water partition coefficient (Wildman–Crippen LogP) is 1.69. The smallest absolute Gasteiger partial charge is 0.324 e. The Hall–Kier alpha value is -2.65. The van der Waals surface area contributed by atoms with Gasteiger partial charge >= 0.3 is 6.03 Å². The Kier molecular flexibility index (Phi) is 9.06. The molecule has 1 aromatic rings. The number of carbonyl (C=O) groups is 4. The lowest BCUT2D eigenvalue weighted by molar-refractivity contribution is -0.126. The molecule has 9 nitrogen and oxygen atoms in total. The van der Waals surface area contributed by atoms with Crippen molar-refractivity contribution in [1.82, 2.24) is 10.2 Å². The van der Waals surface area contributed by atoms with E-state index >= 15 is 0 Å². The van der Waals surface area contributed by atoms with E-state index < -0.39 is 11.4 Å². The molecular formula is C19H28ClN5O4. The molecule has 0 aromatic heterocycles. The number of rotatable bonds is 9. The van der Waals surface area contributed by atoms with Gasteiger partial charge in [-0.2, -0.15) is 0 Å². The van der Waals surface area contributed by atoms with Gasteiger partial charge in [0.15, 0.2) is 0 Å². The van der Waals surface area contributed by atoms with E-state index in [2.05, 4.69) is 16.0 Å². The number of nitrogens with zero attached hydrogens (tertiary/aromatic N) is 1. The van der Waals surface area contributed by atoms with Gasteiger partial charge in [-0.05, 0) is 37.1 Å². The van der Waals surface area contributed by atoms with E-state index in [1.165, 1.54) is 0 Å². The number of benzene rings is 1. The summed E-state index contributed by atoms with van der Waals surface area (Å²) in [5, 5.41) is 7.97. The van der Waals surface area contributed by atoms with Crippen LogP contribution in [0.3, 0.4) is 0 Å². The number of urea groups is 1. The Morgan fingerprint density at radius 3 is 2.10 bits per heavy atom. The molecule has 0 saturated carbocycles. The molecule has 5 N–H and O–H groups in total. The van der Waals surface area contributed by atoms with Crippen molar-refractivity contribution in [3.8, 4) is 0 Å². The zero-order valence-electron chi connectivity index (χ0n) is 16.6. The number of carbonyl (C=O) groups excluding carboxylic acids is 4. The molecule has 1 saturated heterocycles. The Labute approximate surface area is 176 Å². The van der Waals surface area contributed by atoms with Crippen LogP contribution < -0.4 is 21.7 Å². The molecule has 0 radical (unpaired) electrons. The van der Waals surface area contributed by atoms with Crippen molar-refractivity contribution in [2.24, 2.45) is 11.1 Å². The third-order valence-electron chi connectivity index (χ3n) is 5.15.